The lowest BCUT2D eigenvalue weighted by Gasteiger charge is -2.36. The third-order valence-corrected chi connectivity index (χ3v) is 5.92. The van der Waals surface area contributed by atoms with E-state index in [-0.39, 0.29) is 10.6 Å². The Kier molecular flexibility index (Phi) is 5.73. The zero-order valence-corrected chi connectivity index (χ0v) is 17.0. The fourth-order valence-corrected chi connectivity index (χ4v) is 4.34. The maximum Gasteiger partial charge on any atom is 0.269 e. The van der Waals surface area contributed by atoms with Crippen LogP contribution in [0, 0.1) is 10.1 Å². The van der Waals surface area contributed by atoms with Crippen LogP contribution in [0.5, 0.6) is 5.75 Å². The standard InChI is InChI=1S/C21H22N4O3S/c1-28-20-5-3-2-4-19(20)24-12-10-23(11-13-24)14-21-22-18(15-29-21)16-6-8-17(9-7-16)25(26)27/h2-9,15H,10-14H2,1H3. The van der Waals surface area contributed by atoms with Gasteiger partial charge in [0, 0.05) is 49.3 Å². The molecule has 0 N–H and O–H groups in total. The third-order valence-electron chi connectivity index (χ3n) is 5.08. The Balaban J connectivity index is 1.36. The van der Waals surface area contributed by atoms with Gasteiger partial charge in [-0.25, -0.2) is 4.98 Å². The molecule has 1 aromatic heterocycles. The van der Waals surface area contributed by atoms with Crippen molar-refractivity contribution in [2.24, 2.45) is 0 Å². The number of hydrogen-bond acceptors (Lipinski definition) is 7. The summed E-state index contributed by atoms with van der Waals surface area (Å²) in [7, 11) is 1.71. The van der Waals surface area contributed by atoms with E-state index in [0.717, 1.165) is 60.4 Å². The van der Waals surface area contributed by atoms with Crippen LogP contribution in [0.3, 0.4) is 0 Å². The smallest absolute Gasteiger partial charge is 0.269 e. The van der Waals surface area contributed by atoms with E-state index < -0.39 is 0 Å². The first-order valence-electron chi connectivity index (χ1n) is 9.43. The summed E-state index contributed by atoms with van der Waals surface area (Å²) in [6.07, 6.45) is 0. The molecule has 1 fully saturated rings. The number of para-hydroxylation sites is 2. The predicted octanol–water partition coefficient (Wildman–Crippen LogP) is 4.05. The highest BCUT2D eigenvalue weighted by molar-refractivity contribution is 7.09. The summed E-state index contributed by atoms with van der Waals surface area (Å²) in [5.41, 5.74) is 3.01. The average Bonchev–Trinajstić information content (AvgIpc) is 3.23. The number of methoxy groups -OCH3 is 1. The number of piperazine rings is 1. The van der Waals surface area contributed by atoms with E-state index in [1.54, 1.807) is 30.6 Å². The zero-order valence-electron chi connectivity index (χ0n) is 16.2. The number of nitrogens with zero attached hydrogens (tertiary/aromatic N) is 4. The first-order valence-corrected chi connectivity index (χ1v) is 10.3. The molecule has 3 aromatic rings. The predicted molar refractivity (Wildman–Crippen MR) is 115 cm³/mol. The lowest BCUT2D eigenvalue weighted by Crippen LogP contribution is -2.46. The minimum atomic E-state index is -0.388. The van der Waals surface area contributed by atoms with Crippen LogP contribution in [0.25, 0.3) is 11.3 Å². The Morgan fingerprint density at radius 2 is 1.83 bits per heavy atom. The largest absolute Gasteiger partial charge is 0.495 e. The molecule has 4 rings (SSSR count). The number of non-ortho nitro benzene ring substituents is 1. The van der Waals surface area contributed by atoms with Crippen molar-refractivity contribution in [1.82, 2.24) is 9.88 Å². The summed E-state index contributed by atoms with van der Waals surface area (Å²) in [6, 6.07) is 14.7. The quantitative estimate of drug-likeness (QED) is 0.451. The Morgan fingerprint density at radius 3 is 2.52 bits per heavy atom. The van der Waals surface area contributed by atoms with Crippen molar-refractivity contribution in [3.05, 3.63) is 69.0 Å². The monoisotopic (exact) mass is 410 g/mol. The molecule has 2 aromatic carbocycles. The molecule has 7 nitrogen and oxygen atoms in total. The van der Waals surface area contributed by atoms with Crippen molar-refractivity contribution in [3.63, 3.8) is 0 Å². The van der Waals surface area contributed by atoms with Crippen molar-refractivity contribution in [3.8, 4) is 17.0 Å². The first-order chi connectivity index (χ1) is 14.1. The van der Waals surface area contributed by atoms with Crippen molar-refractivity contribution in [2.75, 3.05) is 38.2 Å². The highest BCUT2D eigenvalue weighted by Crippen LogP contribution is 2.29. The number of anilines is 1. The summed E-state index contributed by atoms with van der Waals surface area (Å²) in [5, 5.41) is 13.9. The molecule has 1 aliphatic heterocycles. The number of nitro groups is 1. The number of benzene rings is 2. The van der Waals surface area contributed by atoms with Crippen LogP contribution in [0.2, 0.25) is 0 Å². The molecule has 8 heteroatoms. The normalized spacial score (nSPS) is 14.7. The second-order valence-electron chi connectivity index (χ2n) is 6.87. The molecule has 0 amide bonds. The van der Waals surface area contributed by atoms with E-state index in [2.05, 4.69) is 15.9 Å². The molecular weight excluding hydrogens is 388 g/mol. The van der Waals surface area contributed by atoms with Crippen LogP contribution in [0.15, 0.2) is 53.9 Å². The molecule has 0 aliphatic carbocycles. The topological polar surface area (TPSA) is 71.7 Å². The Hall–Kier alpha value is -2.97. The zero-order chi connectivity index (χ0) is 20.2. The number of aromatic nitrogens is 1. The van der Waals surface area contributed by atoms with Gasteiger partial charge in [0.05, 0.1) is 30.0 Å². The van der Waals surface area contributed by atoms with Gasteiger partial charge in [-0.3, -0.25) is 15.0 Å². The number of hydrogen-bond donors (Lipinski definition) is 0. The van der Waals surface area contributed by atoms with Gasteiger partial charge in [0.1, 0.15) is 10.8 Å². The summed E-state index contributed by atoms with van der Waals surface area (Å²) < 4.78 is 5.49. The molecular formula is C21H22N4O3S. The van der Waals surface area contributed by atoms with Crippen LogP contribution in [-0.2, 0) is 6.54 Å². The van der Waals surface area contributed by atoms with Gasteiger partial charge in [0.2, 0.25) is 0 Å². The van der Waals surface area contributed by atoms with Crippen LogP contribution < -0.4 is 9.64 Å². The summed E-state index contributed by atoms with van der Waals surface area (Å²) >= 11 is 1.63. The van der Waals surface area contributed by atoms with Gasteiger partial charge in [0.15, 0.2) is 0 Å². The minimum Gasteiger partial charge on any atom is -0.495 e. The van der Waals surface area contributed by atoms with E-state index in [4.69, 9.17) is 9.72 Å². The molecule has 0 radical (unpaired) electrons. The van der Waals surface area contributed by atoms with Crippen molar-refractivity contribution in [2.45, 2.75) is 6.54 Å². The van der Waals surface area contributed by atoms with Gasteiger partial charge in [-0.15, -0.1) is 11.3 Å². The Morgan fingerprint density at radius 1 is 1.10 bits per heavy atom. The molecule has 2 heterocycles. The molecule has 29 heavy (non-hydrogen) atoms. The maximum atomic E-state index is 10.8. The van der Waals surface area contributed by atoms with Crippen molar-refractivity contribution in [1.29, 1.82) is 0 Å². The fraction of sp³-hybridized carbons (Fsp3) is 0.286. The molecule has 1 aliphatic rings. The molecule has 0 saturated carbocycles. The average molecular weight is 410 g/mol. The first kappa shape index (κ1) is 19.4. The van der Waals surface area contributed by atoms with Gasteiger partial charge in [-0.1, -0.05) is 12.1 Å². The minimum absolute atomic E-state index is 0.0946. The third kappa shape index (κ3) is 4.38. The van der Waals surface area contributed by atoms with E-state index in [1.807, 2.05) is 23.6 Å². The summed E-state index contributed by atoms with van der Waals surface area (Å²) in [6.45, 7) is 4.63. The number of rotatable bonds is 6. The fourth-order valence-electron chi connectivity index (χ4n) is 3.50. The second-order valence-corrected chi connectivity index (χ2v) is 7.81. The van der Waals surface area contributed by atoms with Gasteiger partial charge < -0.3 is 9.64 Å². The van der Waals surface area contributed by atoms with Crippen LogP contribution in [0.4, 0.5) is 11.4 Å². The van der Waals surface area contributed by atoms with Gasteiger partial charge in [0.25, 0.3) is 5.69 Å². The molecule has 0 unspecified atom stereocenters. The van der Waals surface area contributed by atoms with Gasteiger partial charge >= 0.3 is 0 Å². The molecule has 0 bridgehead atoms. The number of thiazole rings is 1. The van der Waals surface area contributed by atoms with Crippen molar-refractivity contribution >= 4 is 22.7 Å². The van der Waals surface area contributed by atoms with Gasteiger partial charge in [-0.2, -0.15) is 0 Å². The van der Waals surface area contributed by atoms with E-state index in [9.17, 15) is 10.1 Å². The van der Waals surface area contributed by atoms with Gasteiger partial charge in [-0.05, 0) is 24.3 Å². The lowest BCUT2D eigenvalue weighted by atomic mass is 10.1. The summed E-state index contributed by atoms with van der Waals surface area (Å²) in [4.78, 5) is 19.9. The molecule has 1 saturated heterocycles. The SMILES string of the molecule is COc1ccccc1N1CCN(Cc2nc(-c3ccc([N+](=O)[O-])cc3)cs2)CC1. The highest BCUT2D eigenvalue weighted by Gasteiger charge is 2.20. The van der Waals surface area contributed by atoms with E-state index in [1.165, 1.54) is 12.1 Å². The molecule has 0 spiro atoms. The van der Waals surface area contributed by atoms with Crippen LogP contribution >= 0.6 is 11.3 Å². The van der Waals surface area contributed by atoms with E-state index in [0.29, 0.717) is 0 Å². The van der Waals surface area contributed by atoms with E-state index >= 15 is 0 Å². The highest BCUT2D eigenvalue weighted by atomic mass is 32.1. The van der Waals surface area contributed by atoms with Crippen LogP contribution in [0.1, 0.15) is 5.01 Å². The number of nitro benzene ring substituents is 1. The molecule has 0 atom stereocenters. The lowest BCUT2D eigenvalue weighted by molar-refractivity contribution is -0.384. The number of ether oxygens (including phenoxy) is 1. The molecule has 150 valence electrons. The van der Waals surface area contributed by atoms with Crippen LogP contribution in [-0.4, -0.2) is 48.1 Å². The second kappa shape index (κ2) is 8.59. The van der Waals surface area contributed by atoms with Crippen molar-refractivity contribution < 1.29 is 9.66 Å². The maximum absolute atomic E-state index is 10.8. The Labute approximate surface area is 173 Å². The summed E-state index contributed by atoms with van der Waals surface area (Å²) in [5.74, 6) is 0.911. The Bertz CT molecular complexity index is 982.